The van der Waals surface area contributed by atoms with E-state index in [0.29, 0.717) is 34.5 Å². The molecular weight excluding hydrogens is 272 g/mol. The second-order valence-electron chi connectivity index (χ2n) is 4.41. The number of anilines is 1. The fourth-order valence-corrected chi connectivity index (χ4v) is 2.22. The lowest BCUT2D eigenvalue weighted by Gasteiger charge is -2.12. The first kappa shape index (κ1) is 14.5. The van der Waals surface area contributed by atoms with E-state index in [1.165, 1.54) is 0 Å². The summed E-state index contributed by atoms with van der Waals surface area (Å²) in [5.74, 6) is 0.547. The maximum absolute atomic E-state index is 8.14. The van der Waals surface area contributed by atoms with Crippen molar-refractivity contribution in [1.82, 2.24) is 9.97 Å². The molecule has 1 heterocycles. The molecule has 104 valence electrons. The third-order valence-corrected chi connectivity index (χ3v) is 3.21. The maximum Gasteiger partial charge on any atom is 0.161 e. The van der Waals surface area contributed by atoms with Crippen LogP contribution in [0.5, 0.6) is 0 Å². The van der Waals surface area contributed by atoms with Crippen molar-refractivity contribution in [3.05, 3.63) is 41.2 Å². The zero-order chi connectivity index (χ0) is 14.5. The van der Waals surface area contributed by atoms with Crippen molar-refractivity contribution in [3.8, 4) is 11.4 Å². The molecule has 0 radical (unpaired) electrons. The quantitative estimate of drug-likeness (QED) is 0.645. The van der Waals surface area contributed by atoms with Crippen molar-refractivity contribution in [2.24, 2.45) is 0 Å². The number of nitrogens with one attached hydrogen (secondary N) is 2. The normalized spacial score (nSPS) is 10.3. The Kier molecular flexibility index (Phi) is 4.69. The summed E-state index contributed by atoms with van der Waals surface area (Å²) in [5.41, 5.74) is 2.55. The Hall–Kier alpha value is -1.94. The van der Waals surface area contributed by atoms with E-state index in [-0.39, 0.29) is 0 Å². The van der Waals surface area contributed by atoms with Crippen LogP contribution in [-0.2, 0) is 0 Å². The first-order valence-corrected chi connectivity index (χ1v) is 6.93. The smallest absolute Gasteiger partial charge is 0.161 e. The molecule has 0 fully saturated rings. The van der Waals surface area contributed by atoms with Gasteiger partial charge in [-0.1, -0.05) is 55.3 Å². The Bertz CT molecular complexity index is 611. The Morgan fingerprint density at radius 3 is 2.55 bits per heavy atom. The fourth-order valence-electron chi connectivity index (χ4n) is 1.96. The number of benzene rings is 1. The summed E-state index contributed by atoms with van der Waals surface area (Å²) < 4.78 is 0. The SMILES string of the molecule is CCCC(=N)c1nc(-c2ccccc2)nc(Cl)c1NC. The predicted octanol–water partition coefficient (Wildman–Crippen LogP) is 4.01. The molecule has 1 aromatic heterocycles. The van der Waals surface area contributed by atoms with Crippen molar-refractivity contribution in [3.63, 3.8) is 0 Å². The highest BCUT2D eigenvalue weighted by Gasteiger charge is 2.16. The van der Waals surface area contributed by atoms with Gasteiger partial charge in [-0.05, 0) is 6.42 Å². The molecule has 4 nitrogen and oxygen atoms in total. The van der Waals surface area contributed by atoms with E-state index < -0.39 is 0 Å². The van der Waals surface area contributed by atoms with Gasteiger partial charge in [-0.25, -0.2) is 9.97 Å². The lowest BCUT2D eigenvalue weighted by atomic mass is 10.1. The van der Waals surface area contributed by atoms with Gasteiger partial charge in [0.15, 0.2) is 11.0 Å². The van der Waals surface area contributed by atoms with Crippen LogP contribution in [0.3, 0.4) is 0 Å². The van der Waals surface area contributed by atoms with Gasteiger partial charge >= 0.3 is 0 Å². The average Bonchev–Trinajstić information content (AvgIpc) is 2.47. The van der Waals surface area contributed by atoms with Gasteiger partial charge < -0.3 is 10.7 Å². The molecule has 0 saturated heterocycles. The number of hydrogen-bond donors (Lipinski definition) is 2. The molecule has 0 aliphatic heterocycles. The highest BCUT2D eigenvalue weighted by Crippen LogP contribution is 2.27. The molecule has 20 heavy (non-hydrogen) atoms. The van der Waals surface area contributed by atoms with Gasteiger partial charge in [-0.3, -0.25) is 0 Å². The topological polar surface area (TPSA) is 61.7 Å². The van der Waals surface area contributed by atoms with E-state index in [2.05, 4.69) is 15.3 Å². The van der Waals surface area contributed by atoms with Gasteiger partial charge in [0.1, 0.15) is 5.69 Å². The molecule has 2 aromatic rings. The predicted molar refractivity (Wildman–Crippen MR) is 83.8 cm³/mol. The van der Waals surface area contributed by atoms with E-state index in [4.69, 9.17) is 17.0 Å². The summed E-state index contributed by atoms with van der Waals surface area (Å²) in [6.07, 6.45) is 1.56. The monoisotopic (exact) mass is 288 g/mol. The van der Waals surface area contributed by atoms with Crippen molar-refractivity contribution in [2.45, 2.75) is 19.8 Å². The zero-order valence-electron chi connectivity index (χ0n) is 11.6. The average molecular weight is 289 g/mol. The molecule has 2 N–H and O–H groups in total. The Morgan fingerprint density at radius 1 is 1.25 bits per heavy atom. The van der Waals surface area contributed by atoms with Crippen LogP contribution in [0.1, 0.15) is 25.5 Å². The first-order valence-electron chi connectivity index (χ1n) is 6.55. The second kappa shape index (κ2) is 6.48. The molecule has 0 atom stereocenters. The molecule has 2 rings (SSSR count). The number of nitrogens with zero attached hydrogens (tertiary/aromatic N) is 2. The fraction of sp³-hybridized carbons (Fsp3) is 0.267. The van der Waals surface area contributed by atoms with Gasteiger partial charge in [-0.15, -0.1) is 0 Å². The third kappa shape index (κ3) is 2.96. The molecule has 1 aromatic carbocycles. The summed E-state index contributed by atoms with van der Waals surface area (Å²) in [6, 6.07) is 9.65. The van der Waals surface area contributed by atoms with Crippen molar-refractivity contribution >= 4 is 23.0 Å². The Morgan fingerprint density at radius 2 is 1.95 bits per heavy atom. The standard InChI is InChI=1S/C15H17ClN4/c1-3-7-11(17)12-13(18-2)14(16)20-15(19-12)10-8-5-4-6-9-10/h4-6,8-9,17-18H,3,7H2,1-2H3. The lowest BCUT2D eigenvalue weighted by Crippen LogP contribution is -2.09. The summed E-state index contributed by atoms with van der Waals surface area (Å²) in [4.78, 5) is 8.82. The van der Waals surface area contributed by atoms with Crippen LogP contribution in [-0.4, -0.2) is 22.7 Å². The summed E-state index contributed by atoms with van der Waals surface area (Å²) in [5, 5.41) is 11.5. The summed E-state index contributed by atoms with van der Waals surface area (Å²) >= 11 is 6.22. The molecule has 0 spiro atoms. The van der Waals surface area contributed by atoms with Crippen LogP contribution in [0.15, 0.2) is 30.3 Å². The van der Waals surface area contributed by atoms with Crippen LogP contribution < -0.4 is 5.32 Å². The minimum Gasteiger partial charge on any atom is -0.384 e. The summed E-state index contributed by atoms with van der Waals surface area (Å²) in [7, 11) is 1.76. The largest absolute Gasteiger partial charge is 0.384 e. The van der Waals surface area contributed by atoms with E-state index in [1.807, 2.05) is 37.3 Å². The number of hydrogen-bond acceptors (Lipinski definition) is 4. The van der Waals surface area contributed by atoms with Gasteiger partial charge in [0.25, 0.3) is 0 Å². The Balaban J connectivity index is 2.54. The van der Waals surface area contributed by atoms with E-state index in [0.717, 1.165) is 12.0 Å². The van der Waals surface area contributed by atoms with Crippen molar-refractivity contribution in [1.29, 1.82) is 5.41 Å². The molecule has 5 heteroatoms. The van der Waals surface area contributed by atoms with Gasteiger partial charge in [0, 0.05) is 12.6 Å². The van der Waals surface area contributed by atoms with Gasteiger partial charge in [-0.2, -0.15) is 0 Å². The summed E-state index contributed by atoms with van der Waals surface area (Å²) in [6.45, 7) is 2.04. The molecule has 0 aliphatic rings. The highest BCUT2D eigenvalue weighted by molar-refractivity contribution is 6.33. The molecule has 0 bridgehead atoms. The molecular formula is C15H17ClN4. The minimum absolute atomic E-state index is 0.345. The molecule has 0 saturated carbocycles. The Labute approximate surface area is 123 Å². The van der Waals surface area contributed by atoms with E-state index in [9.17, 15) is 0 Å². The van der Waals surface area contributed by atoms with Crippen LogP contribution in [0.2, 0.25) is 5.15 Å². The van der Waals surface area contributed by atoms with Gasteiger partial charge in [0.2, 0.25) is 0 Å². The van der Waals surface area contributed by atoms with Crippen molar-refractivity contribution in [2.75, 3.05) is 12.4 Å². The second-order valence-corrected chi connectivity index (χ2v) is 4.76. The van der Waals surface area contributed by atoms with E-state index in [1.54, 1.807) is 7.05 Å². The van der Waals surface area contributed by atoms with Crippen LogP contribution in [0.4, 0.5) is 5.69 Å². The maximum atomic E-state index is 8.14. The van der Waals surface area contributed by atoms with Crippen LogP contribution in [0, 0.1) is 5.41 Å². The number of aromatic nitrogens is 2. The number of rotatable bonds is 5. The molecule has 0 aliphatic carbocycles. The zero-order valence-corrected chi connectivity index (χ0v) is 12.3. The first-order chi connectivity index (χ1) is 9.67. The molecule has 0 unspecified atom stereocenters. The highest BCUT2D eigenvalue weighted by atomic mass is 35.5. The van der Waals surface area contributed by atoms with E-state index >= 15 is 0 Å². The molecule has 0 amide bonds. The van der Waals surface area contributed by atoms with Crippen LogP contribution >= 0.6 is 11.6 Å². The van der Waals surface area contributed by atoms with Crippen molar-refractivity contribution < 1.29 is 0 Å². The van der Waals surface area contributed by atoms with Crippen LogP contribution in [0.25, 0.3) is 11.4 Å². The third-order valence-electron chi connectivity index (χ3n) is 2.93. The van der Waals surface area contributed by atoms with Gasteiger partial charge in [0.05, 0.1) is 11.4 Å². The number of halogens is 1. The lowest BCUT2D eigenvalue weighted by molar-refractivity contribution is 0.977. The minimum atomic E-state index is 0.345.